The minimum atomic E-state index is -0.243. The van der Waals surface area contributed by atoms with E-state index in [0.29, 0.717) is 0 Å². The number of fused-ring (bicyclic) bond motifs is 1. The third kappa shape index (κ3) is 4.19. The predicted molar refractivity (Wildman–Crippen MR) is 128 cm³/mol. The lowest BCUT2D eigenvalue weighted by Gasteiger charge is -2.25. The smallest absolute Gasteiger partial charge is 0.143 e. The van der Waals surface area contributed by atoms with Crippen molar-refractivity contribution in [3.8, 4) is 22.7 Å². The molecule has 0 bridgehead atoms. The molecule has 0 aliphatic carbocycles. The van der Waals surface area contributed by atoms with Crippen molar-refractivity contribution >= 4 is 12.2 Å². The van der Waals surface area contributed by atoms with Gasteiger partial charge in [0.2, 0.25) is 0 Å². The molecule has 0 spiro atoms. The highest BCUT2D eigenvalue weighted by atomic mass is 19.1. The third-order valence-electron chi connectivity index (χ3n) is 5.96. The van der Waals surface area contributed by atoms with Crippen LogP contribution in [-0.4, -0.2) is 44.7 Å². The SMILES string of the molecule is COc1cc(C=Cc2nc(-c3ccc(F)cc3)c3n2CCN(C)C3)ccc1-n1cnc(C)c1. The van der Waals surface area contributed by atoms with E-state index in [1.807, 2.05) is 42.0 Å². The first-order valence-corrected chi connectivity index (χ1v) is 10.9. The summed E-state index contributed by atoms with van der Waals surface area (Å²) < 4.78 is 23.3. The van der Waals surface area contributed by atoms with Crippen molar-refractivity contribution in [1.29, 1.82) is 0 Å². The Morgan fingerprint density at radius 3 is 2.61 bits per heavy atom. The summed E-state index contributed by atoms with van der Waals surface area (Å²) in [6.45, 7) is 4.59. The van der Waals surface area contributed by atoms with Crippen LogP contribution < -0.4 is 4.74 Å². The molecule has 5 rings (SSSR count). The van der Waals surface area contributed by atoms with E-state index in [4.69, 9.17) is 9.72 Å². The Bertz CT molecular complexity index is 1320. The molecular weight excluding hydrogens is 417 g/mol. The van der Waals surface area contributed by atoms with Gasteiger partial charge in [0.15, 0.2) is 0 Å². The number of likely N-dealkylation sites (N-methyl/N-ethyl adjacent to an activating group) is 1. The zero-order chi connectivity index (χ0) is 22.9. The van der Waals surface area contributed by atoms with E-state index in [0.717, 1.165) is 65.1 Å². The zero-order valence-electron chi connectivity index (χ0n) is 19.0. The van der Waals surface area contributed by atoms with Crippen molar-refractivity contribution in [3.63, 3.8) is 0 Å². The van der Waals surface area contributed by atoms with E-state index in [-0.39, 0.29) is 5.82 Å². The molecule has 4 aromatic rings. The van der Waals surface area contributed by atoms with Gasteiger partial charge in [-0.3, -0.25) is 4.90 Å². The quantitative estimate of drug-likeness (QED) is 0.444. The lowest BCUT2D eigenvalue weighted by Crippen LogP contribution is -2.30. The predicted octanol–water partition coefficient (Wildman–Crippen LogP) is 4.81. The fraction of sp³-hybridized carbons (Fsp3) is 0.231. The first-order valence-electron chi connectivity index (χ1n) is 10.9. The summed E-state index contributed by atoms with van der Waals surface area (Å²) in [5, 5.41) is 0. The van der Waals surface area contributed by atoms with Crippen LogP contribution in [0.1, 0.15) is 22.8 Å². The number of hydrogen-bond donors (Lipinski definition) is 0. The molecule has 7 heteroatoms. The molecule has 0 atom stereocenters. The fourth-order valence-corrected chi connectivity index (χ4v) is 4.22. The highest BCUT2D eigenvalue weighted by Gasteiger charge is 2.22. The average molecular weight is 444 g/mol. The summed E-state index contributed by atoms with van der Waals surface area (Å²) in [6, 6.07) is 12.6. The Balaban J connectivity index is 1.49. The van der Waals surface area contributed by atoms with E-state index in [1.165, 1.54) is 12.1 Å². The Morgan fingerprint density at radius 2 is 1.88 bits per heavy atom. The highest BCUT2D eigenvalue weighted by molar-refractivity contribution is 5.72. The molecule has 2 aromatic carbocycles. The number of rotatable bonds is 5. The van der Waals surface area contributed by atoms with Gasteiger partial charge in [0.1, 0.15) is 17.4 Å². The maximum atomic E-state index is 13.5. The number of imidazole rings is 2. The van der Waals surface area contributed by atoms with E-state index in [1.54, 1.807) is 25.6 Å². The van der Waals surface area contributed by atoms with Gasteiger partial charge in [-0.05, 0) is 62.0 Å². The Kier molecular flexibility index (Phi) is 5.56. The van der Waals surface area contributed by atoms with Crippen molar-refractivity contribution in [3.05, 3.63) is 83.6 Å². The molecule has 0 N–H and O–H groups in total. The maximum Gasteiger partial charge on any atom is 0.143 e. The van der Waals surface area contributed by atoms with E-state index in [9.17, 15) is 4.39 Å². The number of aromatic nitrogens is 4. The van der Waals surface area contributed by atoms with Crippen molar-refractivity contribution in [2.45, 2.75) is 20.0 Å². The molecule has 0 radical (unpaired) electrons. The lowest BCUT2D eigenvalue weighted by molar-refractivity contribution is 0.270. The number of aryl methyl sites for hydroxylation is 1. The highest BCUT2D eigenvalue weighted by Crippen LogP contribution is 2.29. The molecule has 6 nitrogen and oxygen atoms in total. The van der Waals surface area contributed by atoms with Gasteiger partial charge < -0.3 is 13.9 Å². The molecule has 0 fully saturated rings. The fourth-order valence-electron chi connectivity index (χ4n) is 4.22. The average Bonchev–Trinajstić information content (AvgIpc) is 3.41. The number of ether oxygens (including phenoxy) is 1. The Morgan fingerprint density at radius 1 is 1.06 bits per heavy atom. The van der Waals surface area contributed by atoms with Crippen LogP contribution in [0.5, 0.6) is 5.75 Å². The van der Waals surface area contributed by atoms with Gasteiger partial charge in [-0.25, -0.2) is 14.4 Å². The topological polar surface area (TPSA) is 48.1 Å². The first kappa shape index (κ1) is 21.2. The zero-order valence-corrected chi connectivity index (χ0v) is 19.0. The molecule has 3 heterocycles. The van der Waals surface area contributed by atoms with Crippen molar-refractivity contribution in [2.75, 3.05) is 20.7 Å². The first-order chi connectivity index (χ1) is 16.0. The standard InChI is InChI=1S/C26H26FN5O/c1-18-15-31(17-28-18)22-10-4-19(14-24(22)33-3)5-11-25-29-26(20-6-8-21(27)9-7-20)23-16-30(2)12-13-32(23)25/h4-11,14-15,17H,12-13,16H2,1-3H3. The minimum Gasteiger partial charge on any atom is -0.495 e. The molecule has 2 aromatic heterocycles. The third-order valence-corrected chi connectivity index (χ3v) is 5.96. The lowest BCUT2D eigenvalue weighted by atomic mass is 10.1. The van der Waals surface area contributed by atoms with Crippen molar-refractivity contribution in [2.24, 2.45) is 0 Å². The van der Waals surface area contributed by atoms with Gasteiger partial charge in [0, 0.05) is 31.4 Å². The van der Waals surface area contributed by atoms with Gasteiger partial charge in [0.25, 0.3) is 0 Å². The number of nitrogens with zero attached hydrogens (tertiary/aromatic N) is 5. The van der Waals surface area contributed by atoms with Crippen LogP contribution in [0.2, 0.25) is 0 Å². The molecule has 33 heavy (non-hydrogen) atoms. The molecule has 1 aliphatic heterocycles. The summed E-state index contributed by atoms with van der Waals surface area (Å²) in [5.41, 5.74) is 5.89. The van der Waals surface area contributed by atoms with Gasteiger partial charge in [0.05, 0.1) is 36.2 Å². The van der Waals surface area contributed by atoms with Crippen LogP contribution in [0.25, 0.3) is 29.1 Å². The van der Waals surface area contributed by atoms with Crippen LogP contribution in [0, 0.1) is 12.7 Å². The maximum absolute atomic E-state index is 13.5. The van der Waals surface area contributed by atoms with Crippen molar-refractivity contribution in [1.82, 2.24) is 24.0 Å². The van der Waals surface area contributed by atoms with Crippen molar-refractivity contribution < 1.29 is 9.13 Å². The molecule has 0 saturated heterocycles. The summed E-state index contributed by atoms with van der Waals surface area (Å²) in [7, 11) is 3.78. The summed E-state index contributed by atoms with van der Waals surface area (Å²) in [4.78, 5) is 11.5. The monoisotopic (exact) mass is 443 g/mol. The van der Waals surface area contributed by atoms with E-state index >= 15 is 0 Å². The molecule has 0 amide bonds. The minimum absolute atomic E-state index is 0.243. The Hall–Kier alpha value is -3.71. The number of benzene rings is 2. The normalized spacial score (nSPS) is 14.1. The summed E-state index contributed by atoms with van der Waals surface area (Å²) in [5.74, 6) is 1.42. The Labute approximate surface area is 192 Å². The molecule has 0 unspecified atom stereocenters. The molecule has 0 saturated carbocycles. The second kappa shape index (κ2) is 8.67. The van der Waals surface area contributed by atoms with Crippen LogP contribution >= 0.6 is 0 Å². The van der Waals surface area contributed by atoms with Crippen LogP contribution in [-0.2, 0) is 13.1 Å². The number of hydrogen-bond acceptors (Lipinski definition) is 4. The van der Waals surface area contributed by atoms with Gasteiger partial charge in [-0.2, -0.15) is 0 Å². The van der Waals surface area contributed by atoms with Crippen LogP contribution in [0.4, 0.5) is 4.39 Å². The number of halogens is 1. The van der Waals surface area contributed by atoms with Gasteiger partial charge in [-0.15, -0.1) is 0 Å². The second-order valence-corrected chi connectivity index (χ2v) is 8.35. The van der Waals surface area contributed by atoms with E-state index in [2.05, 4.69) is 27.6 Å². The largest absolute Gasteiger partial charge is 0.495 e. The molecule has 168 valence electrons. The second-order valence-electron chi connectivity index (χ2n) is 8.35. The molecular formula is C26H26FN5O. The number of methoxy groups -OCH3 is 1. The van der Waals surface area contributed by atoms with Gasteiger partial charge >= 0.3 is 0 Å². The van der Waals surface area contributed by atoms with E-state index < -0.39 is 0 Å². The summed E-state index contributed by atoms with van der Waals surface area (Å²) >= 11 is 0. The van der Waals surface area contributed by atoms with Crippen LogP contribution in [0.3, 0.4) is 0 Å². The van der Waals surface area contributed by atoms with Gasteiger partial charge in [-0.1, -0.05) is 12.1 Å². The molecule has 1 aliphatic rings. The summed E-state index contributed by atoms with van der Waals surface area (Å²) in [6.07, 6.45) is 7.84. The van der Waals surface area contributed by atoms with Crippen LogP contribution in [0.15, 0.2) is 55.0 Å².